The van der Waals surface area contributed by atoms with E-state index in [1.807, 2.05) is 30.3 Å². The molecule has 0 atom stereocenters. The maximum Gasteiger partial charge on any atom is 0.349 e. The molecule has 0 aliphatic carbocycles. The Bertz CT molecular complexity index is 1560. The number of benzene rings is 2. The van der Waals surface area contributed by atoms with Gasteiger partial charge in [-0.1, -0.05) is 30.0 Å². The van der Waals surface area contributed by atoms with Crippen LogP contribution >= 0.6 is 11.8 Å². The van der Waals surface area contributed by atoms with E-state index in [0.29, 0.717) is 11.0 Å². The van der Waals surface area contributed by atoms with Gasteiger partial charge in [-0.25, -0.2) is 14.6 Å². The van der Waals surface area contributed by atoms with Crippen LogP contribution in [-0.2, 0) is 5.75 Å². The first-order valence-corrected chi connectivity index (χ1v) is 10.3. The van der Waals surface area contributed by atoms with Gasteiger partial charge in [0.15, 0.2) is 16.4 Å². The SMILES string of the molecule is O=c1[nH]c(SCc2nc3cc([N+](=O)[O-])c([N+](=O)[O-])cc3o2)nc2c1cnn2-c1ccccc1. The van der Waals surface area contributed by atoms with Gasteiger partial charge in [0.05, 0.1) is 39.6 Å². The average Bonchev–Trinajstić information content (AvgIpc) is 3.41. The van der Waals surface area contributed by atoms with E-state index in [-0.39, 0.29) is 33.5 Å². The van der Waals surface area contributed by atoms with E-state index in [0.717, 1.165) is 29.6 Å². The number of hydrogen-bond acceptors (Lipinski definition) is 10. The van der Waals surface area contributed by atoms with E-state index < -0.39 is 21.2 Å². The van der Waals surface area contributed by atoms with Crippen LogP contribution in [0.4, 0.5) is 11.4 Å². The Morgan fingerprint density at radius 1 is 1.06 bits per heavy atom. The molecule has 0 amide bonds. The van der Waals surface area contributed by atoms with Crippen LogP contribution < -0.4 is 5.56 Å². The number of para-hydroxylation sites is 1. The van der Waals surface area contributed by atoms with Crippen molar-refractivity contribution in [3.63, 3.8) is 0 Å². The molecule has 0 aliphatic heterocycles. The minimum Gasteiger partial charge on any atom is -0.439 e. The molecular formula is C19H11N7O6S. The van der Waals surface area contributed by atoms with Gasteiger partial charge in [-0.3, -0.25) is 25.0 Å². The van der Waals surface area contributed by atoms with Crippen LogP contribution in [0.1, 0.15) is 5.89 Å². The molecule has 13 nitrogen and oxygen atoms in total. The van der Waals surface area contributed by atoms with E-state index >= 15 is 0 Å². The van der Waals surface area contributed by atoms with Crippen LogP contribution in [0.15, 0.2) is 63.0 Å². The van der Waals surface area contributed by atoms with Crippen molar-refractivity contribution in [3.05, 3.63) is 85.1 Å². The number of aromatic amines is 1. The van der Waals surface area contributed by atoms with Crippen molar-refractivity contribution in [1.82, 2.24) is 24.7 Å². The standard InChI is InChI=1S/C19H11N7O6S/c27-18-11-8-20-24(10-4-2-1-3-5-10)17(11)22-19(23-18)33-9-16-21-12-6-13(25(28)29)14(26(30)31)7-15(12)32-16/h1-8H,9H2,(H,22,23,27). The van der Waals surface area contributed by atoms with Crippen LogP contribution in [0.2, 0.25) is 0 Å². The molecule has 0 saturated heterocycles. The molecule has 0 unspecified atom stereocenters. The second kappa shape index (κ2) is 7.83. The molecule has 164 valence electrons. The Morgan fingerprint density at radius 2 is 1.79 bits per heavy atom. The number of fused-ring (bicyclic) bond motifs is 2. The van der Waals surface area contributed by atoms with E-state index in [1.54, 1.807) is 4.68 Å². The van der Waals surface area contributed by atoms with Crippen molar-refractivity contribution in [2.45, 2.75) is 10.9 Å². The zero-order valence-electron chi connectivity index (χ0n) is 16.4. The number of nitrogens with one attached hydrogen (secondary N) is 1. The molecule has 14 heteroatoms. The highest BCUT2D eigenvalue weighted by molar-refractivity contribution is 7.98. The van der Waals surface area contributed by atoms with Crippen LogP contribution in [0, 0.1) is 20.2 Å². The third kappa shape index (κ3) is 3.67. The van der Waals surface area contributed by atoms with Crippen molar-refractivity contribution in [2.24, 2.45) is 0 Å². The van der Waals surface area contributed by atoms with Crippen molar-refractivity contribution in [2.75, 3.05) is 0 Å². The molecule has 0 saturated carbocycles. The minimum absolute atomic E-state index is 0.0435. The summed E-state index contributed by atoms with van der Waals surface area (Å²) in [4.78, 5) is 44.3. The Labute approximate surface area is 186 Å². The fraction of sp³-hybridized carbons (Fsp3) is 0.0526. The summed E-state index contributed by atoms with van der Waals surface area (Å²) in [6.07, 6.45) is 1.43. The van der Waals surface area contributed by atoms with Gasteiger partial charge in [0, 0.05) is 0 Å². The Hall–Kier alpha value is -4.59. The summed E-state index contributed by atoms with van der Waals surface area (Å²) in [7, 11) is 0. The number of H-pyrrole nitrogens is 1. The topological polar surface area (TPSA) is 176 Å². The second-order valence-corrected chi connectivity index (χ2v) is 7.68. The average molecular weight is 465 g/mol. The fourth-order valence-corrected chi connectivity index (χ4v) is 3.91. The van der Waals surface area contributed by atoms with Gasteiger partial charge < -0.3 is 9.40 Å². The van der Waals surface area contributed by atoms with Crippen LogP contribution in [0.25, 0.3) is 27.8 Å². The molecule has 33 heavy (non-hydrogen) atoms. The van der Waals surface area contributed by atoms with Gasteiger partial charge >= 0.3 is 11.4 Å². The lowest BCUT2D eigenvalue weighted by molar-refractivity contribution is -0.422. The van der Waals surface area contributed by atoms with E-state index in [9.17, 15) is 25.0 Å². The van der Waals surface area contributed by atoms with Gasteiger partial charge in [0.2, 0.25) is 5.89 Å². The lowest BCUT2D eigenvalue weighted by Gasteiger charge is -2.03. The van der Waals surface area contributed by atoms with Crippen molar-refractivity contribution >= 4 is 45.3 Å². The summed E-state index contributed by atoms with van der Waals surface area (Å²) in [5, 5.41) is 27.1. The molecule has 3 heterocycles. The minimum atomic E-state index is -0.853. The lowest BCUT2D eigenvalue weighted by Crippen LogP contribution is -2.09. The quantitative estimate of drug-likeness (QED) is 0.169. The van der Waals surface area contributed by atoms with Gasteiger partial charge in [-0.2, -0.15) is 5.10 Å². The summed E-state index contributed by atoms with van der Waals surface area (Å²) in [5.41, 5.74) is -0.462. The normalized spacial score (nSPS) is 11.3. The highest BCUT2D eigenvalue weighted by atomic mass is 32.2. The molecule has 5 rings (SSSR count). The lowest BCUT2D eigenvalue weighted by atomic mass is 10.2. The summed E-state index contributed by atoms with van der Waals surface area (Å²) in [6, 6.07) is 11.2. The van der Waals surface area contributed by atoms with E-state index in [2.05, 4.69) is 20.1 Å². The molecule has 0 spiro atoms. The van der Waals surface area contributed by atoms with Gasteiger partial charge in [0.1, 0.15) is 10.9 Å². The number of rotatable bonds is 6. The van der Waals surface area contributed by atoms with Crippen molar-refractivity contribution in [1.29, 1.82) is 0 Å². The van der Waals surface area contributed by atoms with Gasteiger partial charge in [-0.15, -0.1) is 0 Å². The van der Waals surface area contributed by atoms with Crippen LogP contribution in [0.5, 0.6) is 0 Å². The third-order valence-electron chi connectivity index (χ3n) is 4.67. The number of nitro groups is 2. The molecule has 5 aromatic rings. The molecule has 0 aliphatic rings. The second-order valence-electron chi connectivity index (χ2n) is 6.72. The zero-order valence-corrected chi connectivity index (χ0v) is 17.2. The number of thioether (sulfide) groups is 1. The number of nitro benzene ring substituents is 2. The molecule has 3 aromatic heterocycles. The first kappa shape index (κ1) is 20.3. The largest absolute Gasteiger partial charge is 0.439 e. The summed E-state index contributed by atoms with van der Waals surface area (Å²) in [5.74, 6) is 0.272. The van der Waals surface area contributed by atoms with Gasteiger partial charge in [-0.05, 0) is 12.1 Å². The Morgan fingerprint density at radius 3 is 2.52 bits per heavy atom. The molecule has 2 aromatic carbocycles. The van der Waals surface area contributed by atoms with Crippen LogP contribution in [0.3, 0.4) is 0 Å². The Kier molecular flexibility index (Phi) is 4.82. The smallest absolute Gasteiger partial charge is 0.349 e. The number of hydrogen-bond donors (Lipinski definition) is 1. The third-order valence-corrected chi connectivity index (χ3v) is 5.53. The van der Waals surface area contributed by atoms with E-state index in [4.69, 9.17) is 4.42 Å². The van der Waals surface area contributed by atoms with Gasteiger partial charge in [0.25, 0.3) is 5.56 Å². The highest BCUT2D eigenvalue weighted by Crippen LogP contribution is 2.33. The zero-order chi connectivity index (χ0) is 23.1. The molecule has 0 fully saturated rings. The summed E-state index contributed by atoms with van der Waals surface area (Å²) < 4.78 is 7.06. The number of nitrogens with zero attached hydrogens (tertiary/aromatic N) is 6. The summed E-state index contributed by atoms with van der Waals surface area (Å²) >= 11 is 1.11. The fourth-order valence-electron chi connectivity index (χ4n) is 3.21. The maximum atomic E-state index is 12.5. The maximum absolute atomic E-state index is 12.5. The first-order chi connectivity index (χ1) is 15.9. The van der Waals surface area contributed by atoms with Crippen molar-refractivity contribution in [3.8, 4) is 5.69 Å². The molecule has 1 N–H and O–H groups in total. The van der Waals surface area contributed by atoms with Crippen molar-refractivity contribution < 1.29 is 14.3 Å². The molecular weight excluding hydrogens is 454 g/mol. The monoisotopic (exact) mass is 465 g/mol. The molecule has 0 bridgehead atoms. The Balaban J connectivity index is 1.46. The number of oxazole rings is 1. The highest BCUT2D eigenvalue weighted by Gasteiger charge is 2.27. The number of aromatic nitrogens is 5. The van der Waals surface area contributed by atoms with Crippen LogP contribution in [-0.4, -0.2) is 34.6 Å². The predicted molar refractivity (Wildman–Crippen MR) is 116 cm³/mol. The van der Waals surface area contributed by atoms with E-state index in [1.165, 1.54) is 6.20 Å². The first-order valence-electron chi connectivity index (χ1n) is 9.29. The predicted octanol–water partition coefficient (Wildman–Crippen LogP) is 3.36. The molecule has 0 radical (unpaired) electrons. The summed E-state index contributed by atoms with van der Waals surface area (Å²) in [6.45, 7) is 0.